The largest absolute Gasteiger partial charge is 0.264 e. The maximum Gasteiger partial charge on any atom is 0.0680 e. The topological polar surface area (TPSA) is 12.4 Å². The smallest absolute Gasteiger partial charge is 0.0680 e. The Morgan fingerprint density at radius 1 is 1.20 bits per heavy atom. The predicted molar refractivity (Wildman–Crippen MR) is 45.1 cm³/mol. The van der Waals surface area contributed by atoms with E-state index in [1.807, 2.05) is 32.0 Å². The molecule has 0 heterocycles. The lowest BCUT2D eigenvalue weighted by Gasteiger charge is -2.01. The minimum atomic E-state index is 1.02. The Morgan fingerprint density at radius 2 is 1.70 bits per heavy atom. The van der Waals surface area contributed by atoms with Gasteiger partial charge in [0, 0.05) is 0 Å². The van der Waals surface area contributed by atoms with Crippen molar-refractivity contribution in [3.05, 3.63) is 29.3 Å². The average molecular weight is 133 g/mol. The second-order valence-electron chi connectivity index (χ2n) is 2.40. The molecule has 0 aliphatic heterocycles. The minimum Gasteiger partial charge on any atom is -0.264 e. The number of aliphatic imine (C=N–C) groups is 1. The molecule has 10 heavy (non-hydrogen) atoms. The van der Waals surface area contributed by atoms with Gasteiger partial charge in [-0.2, -0.15) is 0 Å². The summed E-state index contributed by atoms with van der Waals surface area (Å²) in [6.07, 6.45) is 0. The molecule has 0 saturated carbocycles. The number of aryl methyl sites for hydroxylation is 2. The van der Waals surface area contributed by atoms with Gasteiger partial charge in [0.05, 0.1) is 5.69 Å². The van der Waals surface area contributed by atoms with Crippen LogP contribution in [0.2, 0.25) is 0 Å². The van der Waals surface area contributed by atoms with E-state index in [0.29, 0.717) is 0 Å². The van der Waals surface area contributed by atoms with Crippen molar-refractivity contribution in [3.63, 3.8) is 0 Å². The number of nitrogens with zero attached hydrogens (tertiary/aromatic N) is 1. The normalized spacial score (nSPS) is 9.40. The van der Waals surface area contributed by atoms with Gasteiger partial charge in [-0.25, -0.2) is 0 Å². The molecule has 0 bridgehead atoms. The van der Waals surface area contributed by atoms with Crippen molar-refractivity contribution in [2.75, 3.05) is 0 Å². The van der Waals surface area contributed by atoms with Gasteiger partial charge in [0.1, 0.15) is 0 Å². The summed E-state index contributed by atoms with van der Waals surface area (Å²) in [6.45, 7) is 7.58. The fourth-order valence-electron chi connectivity index (χ4n) is 1.06. The Morgan fingerprint density at radius 3 is 2.00 bits per heavy atom. The second-order valence-corrected chi connectivity index (χ2v) is 2.40. The molecule has 0 amide bonds. The van der Waals surface area contributed by atoms with Crippen LogP contribution in [-0.2, 0) is 0 Å². The highest BCUT2D eigenvalue weighted by molar-refractivity contribution is 5.55. The lowest BCUT2D eigenvalue weighted by atomic mass is 10.1. The molecule has 0 saturated heterocycles. The van der Waals surface area contributed by atoms with Crippen LogP contribution in [0.4, 0.5) is 5.69 Å². The van der Waals surface area contributed by atoms with Crippen LogP contribution in [0.15, 0.2) is 23.2 Å². The third-order valence-electron chi connectivity index (χ3n) is 1.60. The fourth-order valence-corrected chi connectivity index (χ4v) is 1.06. The Hall–Kier alpha value is -1.11. The van der Waals surface area contributed by atoms with E-state index in [0.717, 1.165) is 5.69 Å². The van der Waals surface area contributed by atoms with E-state index in [-0.39, 0.29) is 0 Å². The van der Waals surface area contributed by atoms with Crippen molar-refractivity contribution in [1.29, 1.82) is 0 Å². The molecule has 0 radical (unpaired) electrons. The molecule has 0 aliphatic rings. The van der Waals surface area contributed by atoms with E-state index < -0.39 is 0 Å². The van der Waals surface area contributed by atoms with E-state index in [9.17, 15) is 0 Å². The summed E-state index contributed by atoms with van der Waals surface area (Å²) in [6, 6.07) is 6.10. The molecule has 0 spiro atoms. The van der Waals surface area contributed by atoms with E-state index in [1.165, 1.54) is 11.1 Å². The highest BCUT2D eigenvalue weighted by Gasteiger charge is 1.95. The monoisotopic (exact) mass is 133 g/mol. The molecule has 0 aliphatic carbocycles. The molecule has 1 aromatic rings. The van der Waals surface area contributed by atoms with Crippen LogP contribution >= 0.6 is 0 Å². The standard InChI is InChI=1S/C9H11N/c1-7-5-4-6-8(2)9(7)10-3/h4-6H,3H2,1-2H3. The van der Waals surface area contributed by atoms with Crippen molar-refractivity contribution in [2.24, 2.45) is 4.99 Å². The molecule has 0 fully saturated rings. The van der Waals surface area contributed by atoms with Crippen LogP contribution in [0.1, 0.15) is 11.1 Å². The van der Waals surface area contributed by atoms with E-state index >= 15 is 0 Å². The number of para-hydroxylation sites is 1. The van der Waals surface area contributed by atoms with E-state index in [1.54, 1.807) is 0 Å². The molecule has 0 atom stereocenters. The van der Waals surface area contributed by atoms with Gasteiger partial charge in [-0.15, -0.1) is 0 Å². The summed E-state index contributed by atoms with van der Waals surface area (Å²) < 4.78 is 0. The molecule has 52 valence electrons. The Balaban J connectivity index is 3.30. The van der Waals surface area contributed by atoms with Gasteiger partial charge < -0.3 is 0 Å². The van der Waals surface area contributed by atoms with Crippen molar-refractivity contribution >= 4 is 12.4 Å². The van der Waals surface area contributed by atoms with Crippen LogP contribution in [-0.4, -0.2) is 6.72 Å². The van der Waals surface area contributed by atoms with E-state index in [4.69, 9.17) is 0 Å². The van der Waals surface area contributed by atoms with Crippen LogP contribution in [0.3, 0.4) is 0 Å². The maximum atomic E-state index is 3.92. The quantitative estimate of drug-likeness (QED) is 0.522. The lowest BCUT2D eigenvalue weighted by molar-refractivity contribution is 1.34. The van der Waals surface area contributed by atoms with Crippen LogP contribution in [0.5, 0.6) is 0 Å². The zero-order valence-electron chi connectivity index (χ0n) is 6.39. The van der Waals surface area contributed by atoms with Crippen LogP contribution in [0.25, 0.3) is 0 Å². The summed E-state index contributed by atoms with van der Waals surface area (Å²) in [4.78, 5) is 3.92. The number of benzene rings is 1. The molecule has 1 aromatic carbocycles. The third-order valence-corrected chi connectivity index (χ3v) is 1.60. The summed E-state index contributed by atoms with van der Waals surface area (Å²) in [7, 11) is 0. The zero-order valence-corrected chi connectivity index (χ0v) is 6.39. The number of hydrogen-bond donors (Lipinski definition) is 0. The molecule has 1 rings (SSSR count). The first-order chi connectivity index (χ1) is 4.75. The van der Waals surface area contributed by atoms with Crippen molar-refractivity contribution in [2.45, 2.75) is 13.8 Å². The zero-order chi connectivity index (χ0) is 7.56. The molecule has 0 aromatic heterocycles. The summed E-state index contributed by atoms with van der Waals surface area (Å²) in [5.41, 5.74) is 3.40. The van der Waals surface area contributed by atoms with Gasteiger partial charge in [0.15, 0.2) is 0 Å². The number of hydrogen-bond acceptors (Lipinski definition) is 1. The van der Waals surface area contributed by atoms with Gasteiger partial charge in [0.25, 0.3) is 0 Å². The predicted octanol–water partition coefficient (Wildman–Crippen LogP) is 2.64. The van der Waals surface area contributed by atoms with Gasteiger partial charge >= 0.3 is 0 Å². The molecular formula is C9H11N. The molecule has 1 nitrogen and oxygen atoms in total. The van der Waals surface area contributed by atoms with Gasteiger partial charge in [-0.3, -0.25) is 4.99 Å². The summed E-state index contributed by atoms with van der Waals surface area (Å²) in [5, 5.41) is 0. The van der Waals surface area contributed by atoms with Crippen LogP contribution in [0, 0.1) is 13.8 Å². The Kier molecular flexibility index (Phi) is 1.86. The highest BCUT2D eigenvalue weighted by Crippen LogP contribution is 2.21. The first kappa shape index (κ1) is 7.00. The SMILES string of the molecule is C=Nc1c(C)cccc1C. The van der Waals surface area contributed by atoms with Crippen molar-refractivity contribution in [3.8, 4) is 0 Å². The fraction of sp³-hybridized carbons (Fsp3) is 0.222. The summed E-state index contributed by atoms with van der Waals surface area (Å²) >= 11 is 0. The van der Waals surface area contributed by atoms with Gasteiger partial charge in [-0.1, -0.05) is 18.2 Å². The van der Waals surface area contributed by atoms with Gasteiger partial charge in [-0.05, 0) is 31.7 Å². The van der Waals surface area contributed by atoms with Gasteiger partial charge in [0.2, 0.25) is 0 Å². The second kappa shape index (κ2) is 2.65. The van der Waals surface area contributed by atoms with Crippen molar-refractivity contribution < 1.29 is 0 Å². The minimum absolute atomic E-state index is 1.02. The Labute approximate surface area is 61.4 Å². The molecule has 1 heteroatoms. The van der Waals surface area contributed by atoms with Crippen LogP contribution < -0.4 is 0 Å². The van der Waals surface area contributed by atoms with Crippen molar-refractivity contribution in [1.82, 2.24) is 0 Å². The molecular weight excluding hydrogens is 122 g/mol. The van der Waals surface area contributed by atoms with E-state index in [2.05, 4.69) is 11.7 Å². The third kappa shape index (κ3) is 1.08. The number of rotatable bonds is 1. The highest BCUT2D eigenvalue weighted by atomic mass is 14.7. The Bertz CT molecular complexity index is 231. The lowest BCUT2D eigenvalue weighted by Crippen LogP contribution is -1.77. The first-order valence-electron chi connectivity index (χ1n) is 3.28. The maximum absolute atomic E-state index is 3.92. The first-order valence-corrected chi connectivity index (χ1v) is 3.28. The molecule has 0 unspecified atom stereocenters. The molecule has 0 N–H and O–H groups in total. The average Bonchev–Trinajstić information content (AvgIpc) is 1.88. The summed E-state index contributed by atoms with van der Waals surface area (Å²) in [5.74, 6) is 0.